The lowest BCUT2D eigenvalue weighted by Crippen LogP contribution is -2.47. The number of aryl methyl sites for hydroxylation is 1. The number of hydrogen-bond donors (Lipinski definition) is 3. The van der Waals surface area contributed by atoms with Crippen LogP contribution in [0.4, 0.5) is 0 Å². The first-order valence-corrected chi connectivity index (χ1v) is 8.07. The summed E-state index contributed by atoms with van der Waals surface area (Å²) in [4.78, 5) is 11.9. The second-order valence-electron chi connectivity index (χ2n) is 4.93. The Morgan fingerprint density at radius 3 is 2.39 bits per heavy atom. The average molecular weight is 348 g/mol. The minimum absolute atomic E-state index is 0.268. The lowest BCUT2D eigenvalue weighted by Gasteiger charge is -2.11. The van der Waals surface area contributed by atoms with E-state index in [4.69, 9.17) is 23.8 Å². The topological polar surface area (TPSA) is 53.2 Å². The smallest absolute Gasteiger partial charge is 0.269 e. The van der Waals surface area contributed by atoms with Gasteiger partial charge in [-0.3, -0.25) is 15.6 Å². The minimum atomic E-state index is -0.268. The molecule has 0 radical (unpaired) electrons. The van der Waals surface area contributed by atoms with E-state index in [0.29, 0.717) is 15.7 Å². The van der Waals surface area contributed by atoms with Crippen molar-refractivity contribution in [1.29, 1.82) is 0 Å². The highest BCUT2D eigenvalue weighted by atomic mass is 35.5. The van der Waals surface area contributed by atoms with Gasteiger partial charge < -0.3 is 5.32 Å². The fourth-order valence-corrected chi connectivity index (χ4v) is 2.25. The molecule has 2 aromatic rings. The zero-order valence-electron chi connectivity index (χ0n) is 12.5. The Bertz CT molecular complexity index is 647. The van der Waals surface area contributed by atoms with Crippen LogP contribution >= 0.6 is 23.8 Å². The predicted molar refractivity (Wildman–Crippen MR) is 97.4 cm³/mol. The number of nitrogens with one attached hydrogen (secondary N) is 3. The molecule has 6 heteroatoms. The van der Waals surface area contributed by atoms with Crippen molar-refractivity contribution in [2.45, 2.75) is 12.8 Å². The number of halogens is 1. The zero-order valence-corrected chi connectivity index (χ0v) is 14.1. The monoisotopic (exact) mass is 347 g/mol. The molecule has 2 rings (SSSR count). The first-order chi connectivity index (χ1) is 11.1. The van der Waals surface area contributed by atoms with Gasteiger partial charge in [-0.2, -0.15) is 0 Å². The fourth-order valence-electron chi connectivity index (χ4n) is 1.97. The Morgan fingerprint density at radius 1 is 1.00 bits per heavy atom. The summed E-state index contributed by atoms with van der Waals surface area (Å²) < 4.78 is 0. The Kier molecular flexibility index (Phi) is 6.84. The van der Waals surface area contributed by atoms with Crippen LogP contribution in [0.3, 0.4) is 0 Å². The highest BCUT2D eigenvalue weighted by Gasteiger charge is 2.05. The summed E-state index contributed by atoms with van der Waals surface area (Å²) in [5.41, 5.74) is 7.03. The van der Waals surface area contributed by atoms with Crippen LogP contribution in [0.5, 0.6) is 0 Å². The third-order valence-corrected chi connectivity index (χ3v) is 3.66. The van der Waals surface area contributed by atoms with Crippen LogP contribution in [-0.4, -0.2) is 17.6 Å². The van der Waals surface area contributed by atoms with Crippen molar-refractivity contribution < 1.29 is 4.79 Å². The molecule has 0 fully saturated rings. The van der Waals surface area contributed by atoms with E-state index in [-0.39, 0.29) is 5.91 Å². The predicted octanol–water partition coefficient (Wildman–Crippen LogP) is 3.08. The van der Waals surface area contributed by atoms with E-state index in [1.54, 1.807) is 24.3 Å². The normalized spacial score (nSPS) is 9.96. The van der Waals surface area contributed by atoms with Crippen molar-refractivity contribution in [3.8, 4) is 0 Å². The molecule has 0 bridgehead atoms. The summed E-state index contributed by atoms with van der Waals surface area (Å²) in [6.45, 7) is 0.734. The number of hydrazine groups is 1. The van der Waals surface area contributed by atoms with Crippen molar-refractivity contribution in [3.63, 3.8) is 0 Å². The van der Waals surface area contributed by atoms with E-state index in [2.05, 4.69) is 28.3 Å². The highest BCUT2D eigenvalue weighted by Crippen LogP contribution is 2.08. The molecule has 1 amide bonds. The van der Waals surface area contributed by atoms with Gasteiger partial charge in [0.1, 0.15) is 0 Å². The van der Waals surface area contributed by atoms with E-state index < -0.39 is 0 Å². The van der Waals surface area contributed by atoms with Gasteiger partial charge in [0.15, 0.2) is 5.11 Å². The van der Waals surface area contributed by atoms with Gasteiger partial charge >= 0.3 is 0 Å². The van der Waals surface area contributed by atoms with Gasteiger partial charge in [-0.1, -0.05) is 41.9 Å². The summed E-state index contributed by atoms with van der Waals surface area (Å²) in [7, 11) is 0. The molecule has 4 nitrogen and oxygen atoms in total. The summed E-state index contributed by atoms with van der Waals surface area (Å²) in [6, 6.07) is 16.9. The number of hydrogen-bond acceptors (Lipinski definition) is 2. The minimum Gasteiger partial charge on any atom is -0.361 e. The van der Waals surface area contributed by atoms with Crippen LogP contribution < -0.4 is 16.2 Å². The molecule has 0 saturated heterocycles. The molecule has 120 valence electrons. The molecule has 23 heavy (non-hydrogen) atoms. The van der Waals surface area contributed by atoms with Gasteiger partial charge in [-0.25, -0.2) is 0 Å². The molecule has 0 aliphatic carbocycles. The molecule has 0 unspecified atom stereocenters. The van der Waals surface area contributed by atoms with Crippen LogP contribution in [0.15, 0.2) is 54.6 Å². The van der Waals surface area contributed by atoms with Gasteiger partial charge in [-0.15, -0.1) is 0 Å². The van der Waals surface area contributed by atoms with E-state index in [9.17, 15) is 4.79 Å². The van der Waals surface area contributed by atoms with Gasteiger partial charge in [0.2, 0.25) is 0 Å². The number of amides is 1. The second-order valence-corrected chi connectivity index (χ2v) is 5.78. The molecule has 0 atom stereocenters. The van der Waals surface area contributed by atoms with Crippen molar-refractivity contribution in [2.24, 2.45) is 0 Å². The molecule has 0 aromatic heterocycles. The largest absolute Gasteiger partial charge is 0.361 e. The number of benzene rings is 2. The van der Waals surface area contributed by atoms with Crippen LogP contribution in [0, 0.1) is 0 Å². The molecular weight excluding hydrogens is 330 g/mol. The third-order valence-electron chi connectivity index (χ3n) is 3.17. The van der Waals surface area contributed by atoms with E-state index in [0.717, 1.165) is 19.4 Å². The molecule has 0 heterocycles. The van der Waals surface area contributed by atoms with E-state index >= 15 is 0 Å². The Balaban J connectivity index is 1.63. The molecule has 2 aromatic carbocycles. The van der Waals surface area contributed by atoms with Crippen LogP contribution in [0.2, 0.25) is 5.02 Å². The van der Waals surface area contributed by atoms with Gasteiger partial charge in [0.05, 0.1) is 0 Å². The lowest BCUT2D eigenvalue weighted by atomic mass is 10.1. The molecule has 0 saturated carbocycles. The van der Waals surface area contributed by atoms with E-state index in [1.807, 2.05) is 18.2 Å². The maximum absolute atomic E-state index is 11.9. The molecule has 0 aliphatic rings. The standard InChI is InChI=1S/C17H18ClN3OS/c18-15-10-8-14(9-11-15)16(22)20-21-17(23)19-12-4-7-13-5-2-1-3-6-13/h1-3,5-6,8-11H,4,7,12H2,(H,20,22)(H2,19,21,23). The zero-order chi connectivity index (χ0) is 16.5. The molecule has 0 spiro atoms. The lowest BCUT2D eigenvalue weighted by molar-refractivity contribution is 0.0943. The van der Waals surface area contributed by atoms with Crippen LogP contribution in [-0.2, 0) is 6.42 Å². The fraction of sp³-hybridized carbons (Fsp3) is 0.176. The SMILES string of the molecule is O=C(NNC(=S)NCCCc1ccccc1)c1ccc(Cl)cc1. The first-order valence-electron chi connectivity index (χ1n) is 7.29. The Labute approximate surface area is 146 Å². The number of carbonyl (C=O) groups excluding carboxylic acids is 1. The summed E-state index contributed by atoms with van der Waals surface area (Å²) in [5, 5.41) is 4.03. The van der Waals surface area contributed by atoms with Gasteiger partial charge in [0, 0.05) is 17.1 Å². The van der Waals surface area contributed by atoms with E-state index in [1.165, 1.54) is 5.56 Å². The summed E-state index contributed by atoms with van der Waals surface area (Å²) in [5.74, 6) is -0.268. The second kappa shape index (κ2) is 9.12. The van der Waals surface area contributed by atoms with Crippen LogP contribution in [0.1, 0.15) is 22.3 Å². The molecule has 3 N–H and O–H groups in total. The van der Waals surface area contributed by atoms with Crippen LogP contribution in [0.25, 0.3) is 0 Å². The van der Waals surface area contributed by atoms with Crippen molar-refractivity contribution in [3.05, 3.63) is 70.7 Å². The molecular formula is C17H18ClN3OS. The Morgan fingerprint density at radius 2 is 1.70 bits per heavy atom. The first kappa shape index (κ1) is 17.2. The van der Waals surface area contributed by atoms with Crippen molar-refractivity contribution >= 4 is 34.8 Å². The maximum atomic E-state index is 11.9. The van der Waals surface area contributed by atoms with Crippen molar-refractivity contribution in [2.75, 3.05) is 6.54 Å². The number of thiocarbonyl (C=S) groups is 1. The summed E-state index contributed by atoms with van der Waals surface area (Å²) >= 11 is 10.9. The quantitative estimate of drug-likeness (QED) is 0.442. The maximum Gasteiger partial charge on any atom is 0.269 e. The van der Waals surface area contributed by atoms with Gasteiger partial charge in [-0.05, 0) is 54.9 Å². The van der Waals surface area contributed by atoms with Gasteiger partial charge in [0.25, 0.3) is 5.91 Å². The average Bonchev–Trinajstić information content (AvgIpc) is 2.58. The number of carbonyl (C=O) groups is 1. The third kappa shape index (κ3) is 6.26. The Hall–Kier alpha value is -2.11. The molecule has 0 aliphatic heterocycles. The number of rotatable bonds is 5. The summed E-state index contributed by atoms with van der Waals surface area (Å²) in [6.07, 6.45) is 1.94. The van der Waals surface area contributed by atoms with Crippen molar-refractivity contribution in [1.82, 2.24) is 16.2 Å². The highest BCUT2D eigenvalue weighted by molar-refractivity contribution is 7.80.